The lowest BCUT2D eigenvalue weighted by Crippen LogP contribution is -2.32. The van der Waals surface area contributed by atoms with E-state index in [4.69, 9.17) is 4.74 Å². The summed E-state index contributed by atoms with van der Waals surface area (Å²) in [6.07, 6.45) is 1.98. The van der Waals surface area contributed by atoms with Gasteiger partial charge < -0.3 is 9.64 Å². The number of hydrogen-bond acceptors (Lipinski definition) is 3. The average molecular weight is 327 g/mol. The Kier molecular flexibility index (Phi) is 5.66. The molecule has 1 aliphatic heterocycles. The van der Waals surface area contributed by atoms with Gasteiger partial charge in [-0.2, -0.15) is 0 Å². The molecule has 0 unspecified atom stereocenters. The number of benzene rings is 1. The zero-order valence-electron chi connectivity index (χ0n) is 10.9. The van der Waals surface area contributed by atoms with Crippen molar-refractivity contribution < 1.29 is 9.53 Å². The van der Waals surface area contributed by atoms with E-state index < -0.39 is 0 Å². The van der Waals surface area contributed by atoms with Gasteiger partial charge in [0.15, 0.2) is 0 Å². The molecule has 0 atom stereocenters. The van der Waals surface area contributed by atoms with Gasteiger partial charge in [-0.15, -0.1) is 0 Å². The van der Waals surface area contributed by atoms with Crippen LogP contribution in [0.5, 0.6) is 5.75 Å². The molecule has 1 heterocycles. The minimum absolute atomic E-state index is 0.683. The van der Waals surface area contributed by atoms with E-state index in [0.29, 0.717) is 6.61 Å². The zero-order valence-corrected chi connectivity index (χ0v) is 12.5. The van der Waals surface area contributed by atoms with Crippen molar-refractivity contribution in [3.63, 3.8) is 0 Å². The molecular weight excluding hydrogens is 308 g/mol. The second-order valence-corrected chi connectivity index (χ2v) is 5.55. The molecule has 1 saturated heterocycles. The number of nitrogens with zero attached hydrogens (tertiary/aromatic N) is 2. The first-order chi connectivity index (χ1) is 9.28. The quantitative estimate of drug-likeness (QED) is 0.776. The summed E-state index contributed by atoms with van der Waals surface area (Å²) in [6, 6.07) is 7.87. The molecule has 0 N–H and O–H groups in total. The minimum atomic E-state index is 0.683. The topological polar surface area (TPSA) is 32.8 Å². The highest BCUT2D eigenvalue weighted by Gasteiger charge is 2.12. The first-order valence-corrected chi connectivity index (χ1v) is 7.37. The standard InChI is InChI=1S/C14H19BrN2O2/c15-13-2-4-14(5-3-13)19-11-10-16-6-1-7-17(12-18)9-8-16/h2-5,12H,1,6-11H2. The van der Waals surface area contributed by atoms with Crippen LogP contribution in [-0.2, 0) is 4.79 Å². The van der Waals surface area contributed by atoms with Gasteiger partial charge in [0.05, 0.1) is 0 Å². The summed E-state index contributed by atoms with van der Waals surface area (Å²) in [5, 5.41) is 0. The van der Waals surface area contributed by atoms with Crippen molar-refractivity contribution in [3.8, 4) is 5.75 Å². The van der Waals surface area contributed by atoms with E-state index in [1.807, 2.05) is 29.2 Å². The summed E-state index contributed by atoms with van der Waals surface area (Å²) >= 11 is 3.40. The lowest BCUT2D eigenvalue weighted by Gasteiger charge is -2.20. The molecule has 19 heavy (non-hydrogen) atoms. The zero-order chi connectivity index (χ0) is 13.5. The molecule has 0 spiro atoms. The second kappa shape index (κ2) is 7.50. The van der Waals surface area contributed by atoms with Crippen LogP contribution in [0.3, 0.4) is 0 Å². The number of hydrogen-bond donors (Lipinski definition) is 0. The maximum atomic E-state index is 10.7. The first-order valence-electron chi connectivity index (χ1n) is 6.58. The van der Waals surface area contributed by atoms with Crippen LogP contribution < -0.4 is 4.74 Å². The largest absolute Gasteiger partial charge is 0.492 e. The fourth-order valence-electron chi connectivity index (χ4n) is 2.14. The normalized spacial score (nSPS) is 17.0. The highest BCUT2D eigenvalue weighted by molar-refractivity contribution is 9.10. The Labute approximate surface area is 122 Å². The molecule has 1 aromatic rings. The van der Waals surface area contributed by atoms with Gasteiger partial charge in [-0.1, -0.05) is 15.9 Å². The van der Waals surface area contributed by atoms with E-state index >= 15 is 0 Å². The predicted molar refractivity (Wildman–Crippen MR) is 78.3 cm³/mol. The van der Waals surface area contributed by atoms with Crippen LogP contribution in [0, 0.1) is 0 Å². The molecule has 2 rings (SSSR count). The molecule has 0 bridgehead atoms. The van der Waals surface area contributed by atoms with Crippen LogP contribution >= 0.6 is 15.9 Å². The minimum Gasteiger partial charge on any atom is -0.492 e. The molecule has 5 heteroatoms. The maximum Gasteiger partial charge on any atom is 0.209 e. The van der Waals surface area contributed by atoms with Gasteiger partial charge in [-0.05, 0) is 30.7 Å². The van der Waals surface area contributed by atoms with Crippen LogP contribution in [0.4, 0.5) is 0 Å². The van der Waals surface area contributed by atoms with Crippen LogP contribution in [0.15, 0.2) is 28.7 Å². The molecule has 1 fully saturated rings. The van der Waals surface area contributed by atoms with Crippen LogP contribution in [0.1, 0.15) is 6.42 Å². The number of ether oxygens (including phenoxy) is 1. The van der Waals surface area contributed by atoms with Crippen molar-refractivity contribution in [3.05, 3.63) is 28.7 Å². The molecule has 1 aromatic carbocycles. The summed E-state index contributed by atoms with van der Waals surface area (Å²) in [5.41, 5.74) is 0. The van der Waals surface area contributed by atoms with E-state index in [9.17, 15) is 4.79 Å². The molecule has 104 valence electrons. The smallest absolute Gasteiger partial charge is 0.209 e. The van der Waals surface area contributed by atoms with Crippen molar-refractivity contribution >= 4 is 22.3 Å². The lowest BCUT2D eigenvalue weighted by molar-refractivity contribution is -0.118. The van der Waals surface area contributed by atoms with Crippen molar-refractivity contribution in [1.82, 2.24) is 9.80 Å². The molecule has 1 amide bonds. The lowest BCUT2D eigenvalue weighted by atomic mass is 10.3. The molecule has 0 aliphatic carbocycles. The van der Waals surface area contributed by atoms with Crippen LogP contribution in [0.2, 0.25) is 0 Å². The Hall–Kier alpha value is -1.07. The highest BCUT2D eigenvalue weighted by atomic mass is 79.9. The van der Waals surface area contributed by atoms with Gasteiger partial charge in [-0.25, -0.2) is 0 Å². The van der Waals surface area contributed by atoms with E-state index in [2.05, 4.69) is 20.8 Å². The van der Waals surface area contributed by atoms with Crippen molar-refractivity contribution in [2.45, 2.75) is 6.42 Å². The Morgan fingerprint density at radius 2 is 1.95 bits per heavy atom. The first kappa shape index (κ1) is 14.3. The third-order valence-corrected chi connectivity index (χ3v) is 3.79. The SMILES string of the molecule is O=CN1CCCN(CCOc2ccc(Br)cc2)CC1. The number of amides is 1. The fraction of sp³-hybridized carbons (Fsp3) is 0.500. The Bertz CT molecular complexity index is 397. The number of carbonyl (C=O) groups is 1. The second-order valence-electron chi connectivity index (χ2n) is 4.64. The summed E-state index contributed by atoms with van der Waals surface area (Å²) in [7, 11) is 0. The summed E-state index contributed by atoms with van der Waals surface area (Å²) in [4.78, 5) is 14.9. The predicted octanol–water partition coefficient (Wildman–Crippen LogP) is 1.99. The molecule has 0 radical (unpaired) electrons. The van der Waals surface area contributed by atoms with E-state index in [0.717, 1.165) is 55.8 Å². The van der Waals surface area contributed by atoms with Gasteiger partial charge in [0.25, 0.3) is 0 Å². The van der Waals surface area contributed by atoms with Crippen molar-refractivity contribution in [2.24, 2.45) is 0 Å². The number of carbonyl (C=O) groups excluding carboxylic acids is 1. The van der Waals surface area contributed by atoms with E-state index in [1.165, 1.54) is 0 Å². The van der Waals surface area contributed by atoms with Gasteiger partial charge in [0.1, 0.15) is 12.4 Å². The monoisotopic (exact) mass is 326 g/mol. The Balaban J connectivity index is 1.70. The van der Waals surface area contributed by atoms with Gasteiger partial charge in [0.2, 0.25) is 6.41 Å². The molecule has 0 aromatic heterocycles. The molecular formula is C14H19BrN2O2. The highest BCUT2D eigenvalue weighted by Crippen LogP contribution is 2.16. The molecule has 1 aliphatic rings. The van der Waals surface area contributed by atoms with Gasteiger partial charge in [0, 0.05) is 37.2 Å². The summed E-state index contributed by atoms with van der Waals surface area (Å²) in [6.45, 7) is 5.25. The average Bonchev–Trinajstić information content (AvgIpc) is 2.66. The van der Waals surface area contributed by atoms with Gasteiger partial charge in [-0.3, -0.25) is 9.69 Å². The number of rotatable bonds is 5. The third-order valence-electron chi connectivity index (χ3n) is 3.26. The van der Waals surface area contributed by atoms with Crippen LogP contribution in [0.25, 0.3) is 0 Å². The summed E-state index contributed by atoms with van der Waals surface area (Å²) in [5.74, 6) is 0.896. The van der Waals surface area contributed by atoms with E-state index in [-0.39, 0.29) is 0 Å². The van der Waals surface area contributed by atoms with E-state index in [1.54, 1.807) is 0 Å². The van der Waals surface area contributed by atoms with Gasteiger partial charge >= 0.3 is 0 Å². The fourth-order valence-corrected chi connectivity index (χ4v) is 2.41. The third kappa shape index (κ3) is 4.84. The van der Waals surface area contributed by atoms with Crippen LogP contribution in [-0.4, -0.2) is 55.5 Å². The Morgan fingerprint density at radius 1 is 1.16 bits per heavy atom. The number of halogens is 1. The van der Waals surface area contributed by atoms with Crippen molar-refractivity contribution in [2.75, 3.05) is 39.3 Å². The molecule has 0 saturated carbocycles. The summed E-state index contributed by atoms with van der Waals surface area (Å²) < 4.78 is 6.77. The Morgan fingerprint density at radius 3 is 2.68 bits per heavy atom. The maximum absolute atomic E-state index is 10.7. The van der Waals surface area contributed by atoms with Crippen molar-refractivity contribution in [1.29, 1.82) is 0 Å². The molecule has 4 nitrogen and oxygen atoms in total.